The van der Waals surface area contributed by atoms with Gasteiger partial charge in [0.2, 0.25) is 0 Å². The van der Waals surface area contributed by atoms with E-state index in [9.17, 15) is 13.2 Å². The molecular weight excluding hydrogens is 511 g/mol. The molecule has 0 N–H and O–H groups in total. The molecule has 0 spiro atoms. The zero-order chi connectivity index (χ0) is 28.2. The van der Waals surface area contributed by atoms with E-state index in [1.54, 1.807) is 32.9 Å². The van der Waals surface area contributed by atoms with E-state index in [0.29, 0.717) is 45.4 Å². The van der Waals surface area contributed by atoms with E-state index < -0.39 is 11.7 Å². The second kappa shape index (κ2) is 9.31. The van der Waals surface area contributed by atoms with Gasteiger partial charge < -0.3 is 4.57 Å². The number of aryl methyl sites for hydroxylation is 3. The average molecular weight is 534 g/mol. The molecule has 5 nitrogen and oxygen atoms in total. The number of aromatic nitrogens is 4. The first-order valence-corrected chi connectivity index (χ1v) is 12.6. The molecule has 0 unspecified atom stereocenters. The van der Waals surface area contributed by atoms with E-state index >= 15 is 0 Å². The van der Waals surface area contributed by atoms with Crippen LogP contribution in [-0.4, -0.2) is 19.5 Å². The molecule has 196 valence electrons. The maximum Gasteiger partial charge on any atom is 0.416 e. The normalized spacial score (nSPS) is 11.7. The predicted octanol–water partition coefficient (Wildman–Crippen LogP) is 8.80. The summed E-state index contributed by atoms with van der Waals surface area (Å²) in [4.78, 5) is 16.9. The number of hydrogen-bond acceptors (Lipinski definition) is 3. The van der Waals surface area contributed by atoms with E-state index in [2.05, 4.69) is 24.4 Å². The van der Waals surface area contributed by atoms with E-state index in [1.807, 2.05) is 54.6 Å². The molecule has 4 aromatic carbocycles. The number of alkyl halides is 3. The van der Waals surface area contributed by atoms with Crippen LogP contribution < -0.4 is 0 Å². The van der Waals surface area contributed by atoms with Crippen LogP contribution in [0.3, 0.4) is 0 Å². The van der Waals surface area contributed by atoms with E-state index in [0.717, 1.165) is 33.6 Å². The summed E-state index contributed by atoms with van der Waals surface area (Å²) < 4.78 is 42.8. The van der Waals surface area contributed by atoms with Gasteiger partial charge in [0.05, 0.1) is 23.2 Å². The smallest absolute Gasteiger partial charge is 0.309 e. The molecule has 0 amide bonds. The summed E-state index contributed by atoms with van der Waals surface area (Å²) in [5.74, 6) is 1.53. The Labute approximate surface area is 228 Å². The van der Waals surface area contributed by atoms with Gasteiger partial charge in [-0.25, -0.2) is 19.8 Å². The highest BCUT2D eigenvalue weighted by atomic mass is 19.4. The number of halogens is 3. The summed E-state index contributed by atoms with van der Waals surface area (Å²) in [6.45, 7) is 12.9. The van der Waals surface area contributed by atoms with Crippen molar-refractivity contribution in [2.75, 3.05) is 0 Å². The Hall–Kier alpha value is -5.03. The Morgan fingerprint density at radius 2 is 1.45 bits per heavy atom. The van der Waals surface area contributed by atoms with Crippen LogP contribution in [0.4, 0.5) is 18.9 Å². The van der Waals surface area contributed by atoms with Crippen molar-refractivity contribution in [2.45, 2.75) is 26.9 Å². The molecule has 40 heavy (non-hydrogen) atoms. The number of hydrogen-bond donors (Lipinski definition) is 0. The third-order valence-corrected chi connectivity index (χ3v) is 6.87. The summed E-state index contributed by atoms with van der Waals surface area (Å²) in [6, 6.07) is 23.3. The van der Waals surface area contributed by atoms with Crippen LogP contribution in [0.15, 0.2) is 78.9 Å². The molecule has 0 aliphatic carbocycles. The minimum atomic E-state index is -4.44. The van der Waals surface area contributed by atoms with Gasteiger partial charge in [0, 0.05) is 22.0 Å². The van der Waals surface area contributed by atoms with Crippen molar-refractivity contribution >= 4 is 27.5 Å². The van der Waals surface area contributed by atoms with Gasteiger partial charge in [0.25, 0.3) is 0 Å². The van der Waals surface area contributed by atoms with Crippen LogP contribution in [0.1, 0.15) is 22.8 Å². The fourth-order valence-corrected chi connectivity index (χ4v) is 5.22. The van der Waals surface area contributed by atoms with E-state index in [-0.39, 0.29) is 0 Å². The summed E-state index contributed by atoms with van der Waals surface area (Å²) in [6.07, 6.45) is -4.44. The average Bonchev–Trinajstić information content (AvgIpc) is 3.25. The molecule has 2 heterocycles. The molecule has 6 rings (SSSR count). The van der Waals surface area contributed by atoms with Gasteiger partial charge >= 0.3 is 6.18 Å². The molecule has 0 fully saturated rings. The molecule has 0 aliphatic rings. The summed E-state index contributed by atoms with van der Waals surface area (Å²) >= 11 is 0. The molecule has 0 bridgehead atoms. The van der Waals surface area contributed by atoms with Crippen LogP contribution in [0.25, 0.3) is 54.9 Å². The molecule has 6 aromatic rings. The van der Waals surface area contributed by atoms with Crippen molar-refractivity contribution in [1.29, 1.82) is 0 Å². The summed E-state index contributed by atoms with van der Waals surface area (Å²) in [5.41, 5.74) is 4.56. The van der Waals surface area contributed by atoms with Gasteiger partial charge in [-0.1, -0.05) is 42.5 Å². The van der Waals surface area contributed by atoms with Gasteiger partial charge in [-0.2, -0.15) is 13.2 Å². The lowest BCUT2D eigenvalue weighted by molar-refractivity contribution is -0.137. The highest BCUT2D eigenvalue weighted by molar-refractivity contribution is 6.10. The maximum atomic E-state index is 13.6. The van der Waals surface area contributed by atoms with Crippen LogP contribution >= 0.6 is 0 Å². The van der Waals surface area contributed by atoms with Crippen LogP contribution in [0.2, 0.25) is 0 Å². The molecule has 0 saturated carbocycles. The molecule has 0 atom stereocenters. The fourth-order valence-electron chi connectivity index (χ4n) is 5.22. The van der Waals surface area contributed by atoms with Gasteiger partial charge in [-0.15, -0.1) is 0 Å². The topological polar surface area (TPSA) is 48.0 Å². The Morgan fingerprint density at radius 1 is 0.725 bits per heavy atom. The zero-order valence-electron chi connectivity index (χ0n) is 21.9. The molecule has 0 radical (unpaired) electrons. The van der Waals surface area contributed by atoms with Gasteiger partial charge in [-0.3, -0.25) is 0 Å². The van der Waals surface area contributed by atoms with Gasteiger partial charge in [0.15, 0.2) is 11.5 Å². The quantitative estimate of drug-likeness (QED) is 0.214. The Balaban J connectivity index is 1.62. The van der Waals surface area contributed by atoms with Crippen LogP contribution in [0.5, 0.6) is 0 Å². The SMILES string of the molecule is [C-]#[N+]c1ccc(-n2c3ccccc3c3ccc(-c4cc(C)cc(C(F)(F)F)c4)cc32)cc1-c1nc(C)nc(C)n1. The lowest BCUT2D eigenvalue weighted by Gasteiger charge is -2.13. The summed E-state index contributed by atoms with van der Waals surface area (Å²) in [5, 5.41) is 1.97. The van der Waals surface area contributed by atoms with Crippen molar-refractivity contribution in [3.05, 3.63) is 113 Å². The predicted molar refractivity (Wildman–Crippen MR) is 151 cm³/mol. The van der Waals surface area contributed by atoms with Crippen molar-refractivity contribution in [2.24, 2.45) is 0 Å². The minimum Gasteiger partial charge on any atom is -0.309 e. The number of nitrogens with zero attached hydrogens (tertiary/aromatic N) is 5. The largest absolute Gasteiger partial charge is 0.416 e. The third kappa shape index (κ3) is 4.35. The van der Waals surface area contributed by atoms with Crippen molar-refractivity contribution in [1.82, 2.24) is 19.5 Å². The van der Waals surface area contributed by atoms with Crippen molar-refractivity contribution in [3.8, 4) is 28.2 Å². The van der Waals surface area contributed by atoms with E-state index in [4.69, 9.17) is 6.57 Å². The fraction of sp³-hybridized carbons (Fsp3) is 0.125. The number of benzene rings is 4. The van der Waals surface area contributed by atoms with Crippen LogP contribution in [0, 0.1) is 27.3 Å². The first kappa shape index (κ1) is 25.3. The van der Waals surface area contributed by atoms with Crippen molar-refractivity contribution < 1.29 is 13.2 Å². The molecule has 0 aliphatic heterocycles. The number of fused-ring (bicyclic) bond motifs is 3. The minimum absolute atomic E-state index is 0.412. The van der Waals surface area contributed by atoms with Gasteiger partial charge in [-0.05, 0) is 73.9 Å². The Kier molecular flexibility index (Phi) is 5.88. The third-order valence-electron chi connectivity index (χ3n) is 6.87. The molecule has 2 aromatic heterocycles. The Morgan fingerprint density at radius 3 is 2.17 bits per heavy atom. The van der Waals surface area contributed by atoms with Crippen LogP contribution in [-0.2, 0) is 6.18 Å². The number of para-hydroxylation sites is 1. The van der Waals surface area contributed by atoms with Gasteiger partial charge in [0.1, 0.15) is 11.6 Å². The monoisotopic (exact) mass is 533 g/mol. The highest BCUT2D eigenvalue weighted by Gasteiger charge is 2.31. The first-order valence-electron chi connectivity index (χ1n) is 12.6. The zero-order valence-corrected chi connectivity index (χ0v) is 21.9. The first-order chi connectivity index (χ1) is 19.1. The molecular formula is C32H22F3N5. The second-order valence-electron chi connectivity index (χ2n) is 9.74. The lowest BCUT2D eigenvalue weighted by atomic mass is 9.99. The molecule has 8 heteroatoms. The van der Waals surface area contributed by atoms with Crippen molar-refractivity contribution in [3.63, 3.8) is 0 Å². The lowest BCUT2D eigenvalue weighted by Crippen LogP contribution is -2.05. The maximum absolute atomic E-state index is 13.6. The molecule has 0 saturated heterocycles. The highest BCUT2D eigenvalue weighted by Crippen LogP contribution is 2.39. The second-order valence-corrected chi connectivity index (χ2v) is 9.74. The summed E-state index contributed by atoms with van der Waals surface area (Å²) in [7, 11) is 0. The Bertz CT molecular complexity index is 1980. The standard InChI is InChI=1S/C32H22F3N5/c1-18-13-22(15-23(14-18)32(33,34)35)21-9-11-26-25-7-5-6-8-29(25)40(30(26)16-21)24-10-12-28(36-4)27(17-24)31-38-19(2)37-20(3)39-31/h5-17H,1-3H3. The number of rotatable bonds is 3. The van der Waals surface area contributed by atoms with E-state index in [1.165, 1.54) is 6.07 Å².